The molecular weight excluding hydrogens is 310 g/mol. The molecule has 0 aliphatic rings. The number of anilines is 1. The molecule has 2 heterocycles. The molecule has 0 radical (unpaired) electrons. The highest BCUT2D eigenvalue weighted by Gasteiger charge is 2.25. The van der Waals surface area contributed by atoms with Crippen molar-refractivity contribution in [3.63, 3.8) is 0 Å². The highest BCUT2D eigenvalue weighted by Crippen LogP contribution is 2.23. The van der Waals surface area contributed by atoms with Gasteiger partial charge in [0, 0.05) is 11.9 Å². The maximum absolute atomic E-state index is 12.5. The maximum atomic E-state index is 12.5. The van der Waals surface area contributed by atoms with Gasteiger partial charge in [-0.15, -0.1) is 11.3 Å². The number of nitrogens with one attached hydrogen (secondary N) is 3. The van der Waals surface area contributed by atoms with E-state index in [4.69, 9.17) is 0 Å². The summed E-state index contributed by atoms with van der Waals surface area (Å²) in [6, 6.07) is 0. The Kier molecular flexibility index (Phi) is 4.96. The van der Waals surface area contributed by atoms with Gasteiger partial charge in [-0.2, -0.15) is 5.10 Å². The van der Waals surface area contributed by atoms with Crippen LogP contribution in [0.5, 0.6) is 0 Å². The van der Waals surface area contributed by atoms with Crippen molar-refractivity contribution in [3.05, 3.63) is 22.5 Å². The predicted octanol–water partition coefficient (Wildman–Crippen LogP) is 1.78. The van der Waals surface area contributed by atoms with Gasteiger partial charge < -0.3 is 5.32 Å². The third-order valence-corrected chi connectivity index (χ3v) is 5.34. The summed E-state index contributed by atoms with van der Waals surface area (Å²) in [5, 5.41) is 12.1. The maximum Gasteiger partial charge on any atom is 0.267 e. The number of H-pyrrole nitrogens is 1. The first-order valence-corrected chi connectivity index (χ1v) is 9.00. The van der Waals surface area contributed by atoms with E-state index in [9.17, 15) is 8.42 Å². The van der Waals surface area contributed by atoms with Gasteiger partial charge in [0.1, 0.15) is 4.90 Å². The number of aromatic amines is 1. The summed E-state index contributed by atoms with van der Waals surface area (Å²) in [6.07, 6.45) is 0.974. The topological polar surface area (TPSA) is 99.8 Å². The molecule has 2 aromatic rings. The number of hydrogen-bond acceptors (Lipinski definition) is 6. The van der Waals surface area contributed by atoms with Gasteiger partial charge in [-0.1, -0.05) is 6.92 Å². The number of sulfonamides is 1. The normalized spacial score (nSPS) is 11.8. The van der Waals surface area contributed by atoms with Crippen LogP contribution in [0, 0.1) is 13.8 Å². The lowest BCUT2D eigenvalue weighted by Crippen LogP contribution is -2.19. The van der Waals surface area contributed by atoms with E-state index in [1.54, 1.807) is 12.3 Å². The molecule has 7 nitrogen and oxygen atoms in total. The van der Waals surface area contributed by atoms with Gasteiger partial charge in [0.2, 0.25) is 0 Å². The average Bonchev–Trinajstić information content (AvgIpc) is 2.96. The van der Waals surface area contributed by atoms with Crippen LogP contribution >= 0.6 is 11.3 Å². The van der Waals surface area contributed by atoms with E-state index in [2.05, 4.69) is 25.2 Å². The minimum atomic E-state index is -3.69. The molecule has 0 unspecified atom stereocenters. The summed E-state index contributed by atoms with van der Waals surface area (Å²) in [7, 11) is -3.69. The zero-order valence-electron chi connectivity index (χ0n) is 12.2. The highest BCUT2D eigenvalue weighted by atomic mass is 32.2. The lowest BCUT2D eigenvalue weighted by Gasteiger charge is -2.07. The Hall–Kier alpha value is -1.45. The van der Waals surface area contributed by atoms with Gasteiger partial charge in [0.05, 0.1) is 17.1 Å². The van der Waals surface area contributed by atoms with E-state index in [0.717, 1.165) is 18.7 Å². The number of aryl methyl sites for hydroxylation is 2. The van der Waals surface area contributed by atoms with Crippen molar-refractivity contribution in [1.29, 1.82) is 0 Å². The minimum absolute atomic E-state index is 0.193. The van der Waals surface area contributed by atoms with Crippen molar-refractivity contribution in [3.8, 4) is 0 Å². The van der Waals surface area contributed by atoms with Gasteiger partial charge in [-0.25, -0.2) is 13.4 Å². The molecule has 0 atom stereocenters. The quantitative estimate of drug-likeness (QED) is 0.672. The van der Waals surface area contributed by atoms with E-state index in [-0.39, 0.29) is 4.90 Å². The summed E-state index contributed by atoms with van der Waals surface area (Å²) in [4.78, 5) is 4.32. The lowest BCUT2D eigenvalue weighted by atomic mass is 10.3. The third kappa shape index (κ3) is 3.80. The van der Waals surface area contributed by atoms with E-state index in [1.807, 2.05) is 13.8 Å². The van der Waals surface area contributed by atoms with E-state index < -0.39 is 10.0 Å². The molecule has 0 bridgehead atoms. The van der Waals surface area contributed by atoms with Crippen molar-refractivity contribution in [2.45, 2.75) is 38.6 Å². The monoisotopic (exact) mass is 329 g/mol. The molecule has 0 saturated heterocycles. The second-order valence-electron chi connectivity index (χ2n) is 4.70. The molecule has 0 saturated carbocycles. The second-order valence-corrected chi connectivity index (χ2v) is 7.18. The van der Waals surface area contributed by atoms with Gasteiger partial charge in [0.15, 0.2) is 5.13 Å². The first-order valence-electron chi connectivity index (χ1n) is 6.63. The summed E-state index contributed by atoms with van der Waals surface area (Å²) in [6.45, 7) is 6.78. The van der Waals surface area contributed by atoms with Gasteiger partial charge in [-0.05, 0) is 26.8 Å². The number of hydrogen-bond donors (Lipinski definition) is 3. The molecule has 0 spiro atoms. The molecule has 9 heteroatoms. The van der Waals surface area contributed by atoms with Gasteiger partial charge in [0.25, 0.3) is 10.0 Å². The molecule has 21 heavy (non-hydrogen) atoms. The molecule has 3 N–H and O–H groups in total. The summed E-state index contributed by atoms with van der Waals surface area (Å²) in [5.41, 5.74) is 1.79. The second kappa shape index (κ2) is 6.54. The number of nitrogens with zero attached hydrogens (tertiary/aromatic N) is 2. The van der Waals surface area contributed by atoms with Crippen LogP contribution in [-0.2, 0) is 16.6 Å². The molecule has 116 valence electrons. The zero-order valence-corrected chi connectivity index (χ0v) is 13.9. The first kappa shape index (κ1) is 15.9. The Balaban J connectivity index is 2.24. The van der Waals surface area contributed by atoms with Crippen molar-refractivity contribution in [1.82, 2.24) is 20.5 Å². The summed E-state index contributed by atoms with van der Waals surface area (Å²) in [5.74, 6) is 0. The zero-order chi connectivity index (χ0) is 15.5. The molecule has 2 rings (SSSR count). The van der Waals surface area contributed by atoms with Gasteiger partial charge in [-0.3, -0.25) is 9.82 Å². The van der Waals surface area contributed by atoms with E-state index in [1.165, 1.54) is 11.3 Å². The fourth-order valence-electron chi connectivity index (χ4n) is 1.90. The fourth-order valence-corrected chi connectivity index (χ4v) is 4.20. The van der Waals surface area contributed by atoms with Gasteiger partial charge >= 0.3 is 0 Å². The van der Waals surface area contributed by atoms with Crippen molar-refractivity contribution < 1.29 is 8.42 Å². The van der Waals surface area contributed by atoms with Crippen LogP contribution in [0.4, 0.5) is 5.13 Å². The number of aromatic nitrogens is 3. The fraction of sp³-hybridized carbons (Fsp3) is 0.500. The van der Waals surface area contributed by atoms with E-state index >= 15 is 0 Å². The van der Waals surface area contributed by atoms with Crippen LogP contribution < -0.4 is 10.0 Å². The van der Waals surface area contributed by atoms with Crippen LogP contribution in [0.2, 0.25) is 0 Å². The van der Waals surface area contributed by atoms with Crippen molar-refractivity contribution >= 4 is 26.5 Å². The Bertz CT molecular complexity index is 705. The molecule has 2 aromatic heterocycles. The van der Waals surface area contributed by atoms with E-state index in [0.29, 0.717) is 23.1 Å². The Morgan fingerprint density at radius 1 is 1.38 bits per heavy atom. The molecular formula is C12H19N5O2S2. The van der Waals surface area contributed by atoms with Crippen LogP contribution in [-0.4, -0.2) is 30.1 Å². The largest absolute Gasteiger partial charge is 0.311 e. The average molecular weight is 329 g/mol. The molecule has 0 aliphatic carbocycles. The third-order valence-electron chi connectivity index (χ3n) is 2.79. The number of thiazole rings is 1. The molecule has 0 aromatic carbocycles. The predicted molar refractivity (Wildman–Crippen MR) is 83.0 cm³/mol. The Labute approximate surface area is 128 Å². The van der Waals surface area contributed by atoms with Crippen LogP contribution in [0.3, 0.4) is 0 Å². The standard InChI is InChI=1S/C12H19N5O2S2/c1-4-5-13-6-10-11(9(3)15-16-10)21(18,19)17-12-14-8(2)7-20-12/h7,13H,4-6H2,1-3H3,(H,14,17)(H,15,16). The Morgan fingerprint density at radius 3 is 2.76 bits per heavy atom. The first-order chi connectivity index (χ1) is 9.94. The smallest absolute Gasteiger partial charge is 0.267 e. The minimum Gasteiger partial charge on any atom is -0.311 e. The lowest BCUT2D eigenvalue weighted by molar-refractivity contribution is 0.596. The molecule has 0 amide bonds. The summed E-state index contributed by atoms with van der Waals surface area (Å²) >= 11 is 1.26. The summed E-state index contributed by atoms with van der Waals surface area (Å²) < 4.78 is 27.5. The highest BCUT2D eigenvalue weighted by molar-refractivity contribution is 7.93. The number of rotatable bonds is 7. The molecule has 0 fully saturated rings. The SMILES string of the molecule is CCCNCc1n[nH]c(C)c1S(=O)(=O)Nc1nc(C)cs1. The Morgan fingerprint density at radius 2 is 2.14 bits per heavy atom. The van der Waals surface area contributed by atoms with Crippen LogP contribution in [0.1, 0.15) is 30.4 Å². The molecule has 0 aliphatic heterocycles. The van der Waals surface area contributed by atoms with Crippen molar-refractivity contribution in [2.75, 3.05) is 11.3 Å². The van der Waals surface area contributed by atoms with Crippen LogP contribution in [0.15, 0.2) is 10.3 Å². The van der Waals surface area contributed by atoms with Crippen molar-refractivity contribution in [2.24, 2.45) is 0 Å². The van der Waals surface area contributed by atoms with Crippen LogP contribution in [0.25, 0.3) is 0 Å².